The molecule has 0 aromatic carbocycles. The van der Waals surface area contributed by atoms with Gasteiger partial charge in [-0.15, -0.1) is 0 Å². The van der Waals surface area contributed by atoms with Gasteiger partial charge in [0, 0.05) is 13.2 Å². The SMILES string of the molecule is CCCCCCOC(C)COC(C)COC(C)COCCC. The van der Waals surface area contributed by atoms with E-state index in [1.807, 2.05) is 13.8 Å². The molecular weight excluding hydrogens is 280 g/mol. The van der Waals surface area contributed by atoms with Crippen molar-refractivity contribution < 1.29 is 18.9 Å². The molecule has 0 saturated carbocycles. The number of ether oxygens (including phenoxy) is 4. The van der Waals surface area contributed by atoms with Crippen molar-refractivity contribution in [2.75, 3.05) is 33.0 Å². The van der Waals surface area contributed by atoms with Crippen LogP contribution >= 0.6 is 0 Å². The van der Waals surface area contributed by atoms with Gasteiger partial charge in [-0.05, 0) is 33.6 Å². The summed E-state index contributed by atoms with van der Waals surface area (Å²) in [5.41, 5.74) is 0. The highest BCUT2D eigenvalue weighted by Gasteiger charge is 2.09. The van der Waals surface area contributed by atoms with Crippen LogP contribution in [0, 0.1) is 0 Å². The van der Waals surface area contributed by atoms with Crippen molar-refractivity contribution in [1.82, 2.24) is 0 Å². The molecule has 0 aromatic rings. The first kappa shape index (κ1) is 21.8. The minimum atomic E-state index is 0.0831. The van der Waals surface area contributed by atoms with E-state index in [9.17, 15) is 0 Å². The van der Waals surface area contributed by atoms with Crippen molar-refractivity contribution in [2.24, 2.45) is 0 Å². The number of hydrogen-bond donors (Lipinski definition) is 0. The lowest BCUT2D eigenvalue weighted by Gasteiger charge is -2.20. The van der Waals surface area contributed by atoms with Gasteiger partial charge in [0.15, 0.2) is 0 Å². The van der Waals surface area contributed by atoms with Gasteiger partial charge in [-0.2, -0.15) is 0 Å². The summed E-state index contributed by atoms with van der Waals surface area (Å²) < 4.78 is 22.7. The van der Waals surface area contributed by atoms with Gasteiger partial charge in [0.25, 0.3) is 0 Å². The third-order valence-electron chi connectivity index (χ3n) is 3.33. The summed E-state index contributed by atoms with van der Waals surface area (Å²) in [6.45, 7) is 14.0. The second-order valence-electron chi connectivity index (χ2n) is 6.10. The molecule has 0 aliphatic carbocycles. The quantitative estimate of drug-likeness (QED) is 0.400. The van der Waals surface area contributed by atoms with Crippen molar-refractivity contribution in [1.29, 1.82) is 0 Å². The summed E-state index contributed by atoms with van der Waals surface area (Å²) in [5, 5.41) is 0. The molecule has 0 saturated heterocycles. The Labute approximate surface area is 137 Å². The zero-order valence-electron chi connectivity index (χ0n) is 15.4. The van der Waals surface area contributed by atoms with E-state index in [4.69, 9.17) is 18.9 Å². The fourth-order valence-electron chi connectivity index (χ4n) is 1.95. The third-order valence-corrected chi connectivity index (χ3v) is 3.33. The van der Waals surface area contributed by atoms with Gasteiger partial charge in [-0.25, -0.2) is 0 Å². The summed E-state index contributed by atoms with van der Waals surface area (Å²) in [4.78, 5) is 0. The Kier molecular flexibility index (Phi) is 15.6. The first-order valence-electron chi connectivity index (χ1n) is 9.02. The predicted octanol–water partition coefficient (Wildman–Crippen LogP) is 4.21. The van der Waals surface area contributed by atoms with Gasteiger partial charge in [-0.3, -0.25) is 0 Å². The molecule has 0 heterocycles. The average Bonchev–Trinajstić information content (AvgIpc) is 2.51. The van der Waals surface area contributed by atoms with Gasteiger partial charge in [0.2, 0.25) is 0 Å². The van der Waals surface area contributed by atoms with Crippen LogP contribution in [0.15, 0.2) is 0 Å². The zero-order valence-corrected chi connectivity index (χ0v) is 15.4. The highest BCUT2D eigenvalue weighted by Crippen LogP contribution is 2.03. The minimum absolute atomic E-state index is 0.0831. The van der Waals surface area contributed by atoms with Crippen molar-refractivity contribution in [3.05, 3.63) is 0 Å². The molecule has 134 valence electrons. The van der Waals surface area contributed by atoms with Crippen LogP contribution in [0.2, 0.25) is 0 Å². The monoisotopic (exact) mass is 318 g/mol. The van der Waals surface area contributed by atoms with E-state index in [1.165, 1.54) is 19.3 Å². The van der Waals surface area contributed by atoms with Crippen LogP contribution in [0.1, 0.15) is 66.7 Å². The Bertz CT molecular complexity index is 223. The maximum atomic E-state index is 5.77. The Balaban J connectivity index is 3.48. The molecule has 4 heteroatoms. The molecule has 0 radical (unpaired) electrons. The number of hydrogen-bond acceptors (Lipinski definition) is 4. The molecular formula is C18H38O4. The summed E-state index contributed by atoms with van der Waals surface area (Å²) in [7, 11) is 0. The van der Waals surface area contributed by atoms with Crippen LogP contribution in [0.5, 0.6) is 0 Å². The molecule has 0 amide bonds. The molecule has 0 aliphatic rings. The zero-order chi connectivity index (χ0) is 16.6. The lowest BCUT2D eigenvalue weighted by molar-refractivity contribution is -0.0800. The highest BCUT2D eigenvalue weighted by atomic mass is 16.6. The first-order valence-corrected chi connectivity index (χ1v) is 9.02. The number of rotatable bonds is 16. The van der Waals surface area contributed by atoms with Crippen LogP contribution in [0.4, 0.5) is 0 Å². The fraction of sp³-hybridized carbons (Fsp3) is 1.00. The van der Waals surface area contributed by atoms with Gasteiger partial charge in [-0.1, -0.05) is 33.1 Å². The molecule has 0 rings (SSSR count). The summed E-state index contributed by atoms with van der Waals surface area (Å²) in [5.74, 6) is 0. The van der Waals surface area contributed by atoms with E-state index in [1.54, 1.807) is 0 Å². The summed E-state index contributed by atoms with van der Waals surface area (Å²) in [6, 6.07) is 0. The molecule has 0 fully saturated rings. The second-order valence-corrected chi connectivity index (χ2v) is 6.10. The predicted molar refractivity (Wildman–Crippen MR) is 91.5 cm³/mol. The second kappa shape index (κ2) is 15.7. The Morgan fingerprint density at radius 1 is 0.591 bits per heavy atom. The third kappa shape index (κ3) is 14.8. The van der Waals surface area contributed by atoms with Crippen LogP contribution in [0.25, 0.3) is 0 Å². The molecule has 0 spiro atoms. The Hall–Kier alpha value is -0.160. The molecule has 0 N–H and O–H groups in total. The Morgan fingerprint density at radius 2 is 1.18 bits per heavy atom. The van der Waals surface area contributed by atoms with E-state index in [-0.39, 0.29) is 18.3 Å². The highest BCUT2D eigenvalue weighted by molar-refractivity contribution is 4.55. The van der Waals surface area contributed by atoms with E-state index < -0.39 is 0 Å². The van der Waals surface area contributed by atoms with Crippen LogP contribution in [-0.4, -0.2) is 51.3 Å². The van der Waals surface area contributed by atoms with Crippen molar-refractivity contribution in [2.45, 2.75) is 85.0 Å². The summed E-state index contributed by atoms with van der Waals surface area (Å²) >= 11 is 0. The molecule has 3 atom stereocenters. The van der Waals surface area contributed by atoms with Crippen molar-refractivity contribution in [3.63, 3.8) is 0 Å². The van der Waals surface area contributed by atoms with E-state index in [0.717, 1.165) is 26.1 Å². The van der Waals surface area contributed by atoms with Crippen LogP contribution in [0.3, 0.4) is 0 Å². The Morgan fingerprint density at radius 3 is 1.77 bits per heavy atom. The van der Waals surface area contributed by atoms with E-state index >= 15 is 0 Å². The lowest BCUT2D eigenvalue weighted by Crippen LogP contribution is -2.26. The molecule has 0 aliphatic heterocycles. The fourth-order valence-corrected chi connectivity index (χ4v) is 1.95. The first-order chi connectivity index (χ1) is 10.6. The molecule has 0 bridgehead atoms. The van der Waals surface area contributed by atoms with Gasteiger partial charge < -0.3 is 18.9 Å². The van der Waals surface area contributed by atoms with E-state index in [2.05, 4.69) is 20.8 Å². The van der Waals surface area contributed by atoms with Crippen LogP contribution in [-0.2, 0) is 18.9 Å². The van der Waals surface area contributed by atoms with Gasteiger partial charge in [0.05, 0.1) is 38.1 Å². The van der Waals surface area contributed by atoms with Crippen molar-refractivity contribution >= 4 is 0 Å². The molecule has 3 unspecified atom stereocenters. The van der Waals surface area contributed by atoms with Gasteiger partial charge >= 0.3 is 0 Å². The standard InChI is InChI=1S/C18H38O4/c1-6-8-9-10-12-20-17(4)14-22-18(5)15-21-16(3)13-19-11-7-2/h16-18H,6-15H2,1-5H3. The largest absolute Gasteiger partial charge is 0.379 e. The van der Waals surface area contributed by atoms with Gasteiger partial charge in [0.1, 0.15) is 0 Å². The van der Waals surface area contributed by atoms with E-state index in [0.29, 0.717) is 19.8 Å². The topological polar surface area (TPSA) is 36.9 Å². The molecule has 22 heavy (non-hydrogen) atoms. The van der Waals surface area contributed by atoms with Crippen molar-refractivity contribution in [3.8, 4) is 0 Å². The molecule has 4 nitrogen and oxygen atoms in total. The average molecular weight is 318 g/mol. The number of unbranched alkanes of at least 4 members (excludes halogenated alkanes) is 3. The summed E-state index contributed by atoms with van der Waals surface area (Å²) in [6.07, 6.45) is 6.35. The van der Waals surface area contributed by atoms with Crippen LogP contribution < -0.4 is 0 Å². The minimum Gasteiger partial charge on any atom is -0.379 e. The molecule has 0 aromatic heterocycles. The smallest absolute Gasteiger partial charge is 0.0781 e. The maximum absolute atomic E-state index is 5.77. The normalized spacial score (nSPS) is 15.7. The maximum Gasteiger partial charge on any atom is 0.0781 e. The lowest BCUT2D eigenvalue weighted by atomic mass is 10.2.